The van der Waals surface area contributed by atoms with E-state index in [0.717, 1.165) is 4.34 Å². The van der Waals surface area contributed by atoms with Crippen molar-refractivity contribution in [3.05, 3.63) is 11.1 Å². The normalized spacial score (nSPS) is 22.1. The highest BCUT2D eigenvalue weighted by Gasteiger charge is 2.56. The van der Waals surface area contributed by atoms with Gasteiger partial charge < -0.3 is 14.5 Å². The molecule has 2 amide bonds. The van der Waals surface area contributed by atoms with E-state index in [-0.39, 0.29) is 24.2 Å². The van der Waals surface area contributed by atoms with Gasteiger partial charge in [0, 0.05) is 31.4 Å². The van der Waals surface area contributed by atoms with Gasteiger partial charge >= 0.3 is 5.97 Å². The SMILES string of the molecule is CCN1C(=O)CC(C(=O)OC)C12CCN(C(=O)c1csc(SC)n1)CC2. The van der Waals surface area contributed by atoms with Gasteiger partial charge in [0.15, 0.2) is 0 Å². The number of esters is 1. The van der Waals surface area contributed by atoms with Crippen molar-refractivity contribution >= 4 is 40.9 Å². The third-order valence-corrected chi connectivity index (χ3v) is 7.32. The van der Waals surface area contributed by atoms with Crippen molar-refractivity contribution < 1.29 is 19.1 Å². The van der Waals surface area contributed by atoms with Crippen molar-refractivity contribution in [2.45, 2.75) is 36.1 Å². The smallest absolute Gasteiger partial charge is 0.311 e. The number of methoxy groups -OCH3 is 1. The predicted molar refractivity (Wildman–Crippen MR) is 99.3 cm³/mol. The maximum atomic E-state index is 12.7. The molecule has 7 nitrogen and oxygen atoms in total. The van der Waals surface area contributed by atoms with Gasteiger partial charge in [-0.2, -0.15) is 0 Å². The summed E-state index contributed by atoms with van der Waals surface area (Å²) in [5.74, 6) is -0.886. The molecule has 0 saturated carbocycles. The first-order valence-electron chi connectivity index (χ1n) is 8.64. The Morgan fingerprint density at radius 1 is 1.42 bits per heavy atom. The molecular formula is C17H23N3O4S2. The maximum absolute atomic E-state index is 12.7. The van der Waals surface area contributed by atoms with Crippen molar-refractivity contribution in [2.24, 2.45) is 5.92 Å². The first-order valence-corrected chi connectivity index (χ1v) is 10.7. The van der Waals surface area contributed by atoms with Gasteiger partial charge in [-0.05, 0) is 26.0 Å². The second-order valence-corrected chi connectivity index (χ2v) is 8.43. The van der Waals surface area contributed by atoms with Crippen LogP contribution >= 0.6 is 23.1 Å². The van der Waals surface area contributed by atoms with Crippen LogP contribution in [0.15, 0.2) is 9.72 Å². The van der Waals surface area contributed by atoms with Crippen LogP contribution in [-0.4, -0.2) is 71.1 Å². The van der Waals surface area contributed by atoms with Crippen LogP contribution in [0.4, 0.5) is 0 Å². The second-order valence-electron chi connectivity index (χ2n) is 6.52. The third-order valence-electron chi connectivity index (χ3n) is 5.46. The molecule has 3 rings (SSSR count). The minimum absolute atomic E-state index is 0.00760. The van der Waals surface area contributed by atoms with Crippen LogP contribution in [0, 0.1) is 5.92 Å². The van der Waals surface area contributed by atoms with Crippen molar-refractivity contribution in [3.8, 4) is 0 Å². The van der Waals surface area contributed by atoms with Crippen LogP contribution in [0.5, 0.6) is 0 Å². The van der Waals surface area contributed by atoms with Crippen molar-refractivity contribution in [1.29, 1.82) is 0 Å². The van der Waals surface area contributed by atoms with E-state index < -0.39 is 11.5 Å². The molecule has 2 aliphatic rings. The van der Waals surface area contributed by atoms with Gasteiger partial charge in [0.25, 0.3) is 5.91 Å². The average Bonchev–Trinajstić information content (AvgIpc) is 3.24. The fraction of sp³-hybridized carbons (Fsp3) is 0.647. The summed E-state index contributed by atoms with van der Waals surface area (Å²) >= 11 is 2.98. The summed E-state index contributed by atoms with van der Waals surface area (Å²) in [6, 6.07) is 0. The van der Waals surface area contributed by atoms with Crippen LogP contribution in [-0.2, 0) is 14.3 Å². The number of aromatic nitrogens is 1. The van der Waals surface area contributed by atoms with E-state index in [1.54, 1.807) is 10.3 Å². The minimum atomic E-state index is -0.539. The van der Waals surface area contributed by atoms with Crippen LogP contribution in [0.3, 0.4) is 0 Å². The van der Waals surface area contributed by atoms with Gasteiger partial charge in [-0.15, -0.1) is 11.3 Å². The summed E-state index contributed by atoms with van der Waals surface area (Å²) in [5.41, 5.74) is -0.0722. The zero-order valence-corrected chi connectivity index (χ0v) is 16.8. The summed E-state index contributed by atoms with van der Waals surface area (Å²) in [7, 11) is 1.36. The molecule has 9 heteroatoms. The Morgan fingerprint density at radius 3 is 2.65 bits per heavy atom. The molecule has 26 heavy (non-hydrogen) atoms. The maximum Gasteiger partial charge on any atom is 0.311 e. The molecule has 1 atom stereocenters. The van der Waals surface area contributed by atoms with Gasteiger partial charge in [-0.25, -0.2) is 4.98 Å². The third kappa shape index (κ3) is 3.11. The summed E-state index contributed by atoms with van der Waals surface area (Å²) < 4.78 is 5.82. The molecule has 0 aromatic carbocycles. The van der Waals surface area contributed by atoms with Gasteiger partial charge in [-0.1, -0.05) is 11.8 Å². The molecule has 142 valence electrons. The number of likely N-dealkylation sites (tertiary alicyclic amines) is 2. The minimum Gasteiger partial charge on any atom is -0.469 e. The first kappa shape index (κ1) is 19.2. The number of amides is 2. The van der Waals surface area contributed by atoms with Crippen LogP contribution in [0.2, 0.25) is 0 Å². The number of rotatable bonds is 4. The van der Waals surface area contributed by atoms with Crippen molar-refractivity contribution in [2.75, 3.05) is 33.0 Å². The van der Waals surface area contributed by atoms with E-state index in [0.29, 0.717) is 38.2 Å². The Hall–Kier alpha value is -1.61. The summed E-state index contributed by atoms with van der Waals surface area (Å²) in [5, 5.41) is 1.78. The average molecular weight is 398 g/mol. The predicted octanol–water partition coefficient (Wildman–Crippen LogP) is 1.88. The van der Waals surface area contributed by atoms with E-state index >= 15 is 0 Å². The topological polar surface area (TPSA) is 79.8 Å². The van der Waals surface area contributed by atoms with Gasteiger partial charge in [-0.3, -0.25) is 14.4 Å². The molecule has 2 aliphatic heterocycles. The Kier molecular flexibility index (Phi) is 5.57. The highest BCUT2D eigenvalue weighted by atomic mass is 32.2. The molecule has 2 saturated heterocycles. The number of thiazole rings is 1. The molecular weight excluding hydrogens is 374 g/mol. The number of hydrogen-bond donors (Lipinski definition) is 0. The molecule has 0 aliphatic carbocycles. The Labute approximate surface area is 161 Å². The van der Waals surface area contributed by atoms with Gasteiger partial charge in [0.05, 0.1) is 18.6 Å². The van der Waals surface area contributed by atoms with E-state index in [1.807, 2.05) is 18.1 Å². The summed E-state index contributed by atoms with van der Waals surface area (Å²) in [6.07, 6.45) is 3.29. The summed E-state index contributed by atoms with van der Waals surface area (Å²) in [4.78, 5) is 45.3. The monoisotopic (exact) mass is 397 g/mol. The largest absolute Gasteiger partial charge is 0.469 e. The molecule has 1 unspecified atom stereocenters. The molecule has 0 radical (unpaired) electrons. The molecule has 0 bridgehead atoms. The zero-order chi connectivity index (χ0) is 18.9. The zero-order valence-electron chi connectivity index (χ0n) is 15.2. The van der Waals surface area contributed by atoms with Gasteiger partial charge in [0.2, 0.25) is 5.91 Å². The molecule has 2 fully saturated rings. The Morgan fingerprint density at radius 2 is 2.12 bits per heavy atom. The highest BCUT2D eigenvalue weighted by Crippen LogP contribution is 2.44. The quantitative estimate of drug-likeness (QED) is 0.570. The molecule has 0 N–H and O–H groups in total. The lowest BCUT2D eigenvalue weighted by molar-refractivity contribution is -0.150. The fourth-order valence-corrected chi connectivity index (χ4v) is 5.41. The van der Waals surface area contributed by atoms with E-state index in [1.165, 1.54) is 30.2 Å². The first-order chi connectivity index (χ1) is 12.5. The number of hydrogen-bond acceptors (Lipinski definition) is 7. The lowest BCUT2D eigenvalue weighted by Gasteiger charge is -2.46. The highest BCUT2D eigenvalue weighted by molar-refractivity contribution is 8.00. The lowest BCUT2D eigenvalue weighted by atomic mass is 9.76. The Bertz CT molecular complexity index is 711. The van der Waals surface area contributed by atoms with Crippen LogP contribution in [0.1, 0.15) is 36.7 Å². The number of piperidine rings is 1. The van der Waals surface area contributed by atoms with E-state index in [9.17, 15) is 14.4 Å². The Balaban J connectivity index is 1.77. The standard InChI is InChI=1S/C17H23N3O4S2/c1-4-20-13(21)9-11(15(23)24-2)17(20)5-7-19(8-6-17)14(22)12-10-26-16(18-12)25-3/h10-11H,4-9H2,1-3H3. The van der Waals surface area contributed by atoms with Gasteiger partial charge in [0.1, 0.15) is 10.0 Å². The number of carbonyl (C=O) groups excluding carboxylic acids is 3. The van der Waals surface area contributed by atoms with Crippen LogP contribution in [0.25, 0.3) is 0 Å². The van der Waals surface area contributed by atoms with Crippen LogP contribution < -0.4 is 0 Å². The summed E-state index contributed by atoms with van der Waals surface area (Å²) in [6.45, 7) is 3.49. The molecule has 1 aromatic rings. The number of ether oxygens (including phenoxy) is 1. The molecule has 1 spiro atoms. The second kappa shape index (κ2) is 7.56. The van der Waals surface area contributed by atoms with Crippen molar-refractivity contribution in [3.63, 3.8) is 0 Å². The van der Waals surface area contributed by atoms with Crippen molar-refractivity contribution in [1.82, 2.24) is 14.8 Å². The lowest BCUT2D eigenvalue weighted by Crippen LogP contribution is -2.58. The molecule has 3 heterocycles. The fourth-order valence-electron chi connectivity index (χ4n) is 4.17. The van der Waals surface area contributed by atoms with E-state index in [2.05, 4.69) is 4.98 Å². The number of nitrogens with zero attached hydrogens (tertiary/aromatic N) is 3. The number of carbonyl (C=O) groups is 3. The number of thioether (sulfide) groups is 1. The molecule has 1 aromatic heterocycles. The van der Waals surface area contributed by atoms with E-state index in [4.69, 9.17) is 4.74 Å².